The summed E-state index contributed by atoms with van der Waals surface area (Å²) in [6.45, 7) is 13.9. The van der Waals surface area contributed by atoms with Crippen LogP contribution >= 0.6 is 0 Å². The van der Waals surface area contributed by atoms with Crippen LogP contribution < -0.4 is 10.2 Å². The molecule has 4 heteroatoms. The minimum absolute atomic E-state index is 0.663. The Morgan fingerprint density at radius 1 is 1.35 bits per heavy atom. The third-order valence-corrected chi connectivity index (χ3v) is 3.12. The SMILES string of the molecule is CCOCCN(CC)c1ccnc(CNCC(C)C)c1. The van der Waals surface area contributed by atoms with Gasteiger partial charge in [-0.1, -0.05) is 13.8 Å². The van der Waals surface area contributed by atoms with Crippen LogP contribution in [-0.4, -0.2) is 37.8 Å². The molecule has 0 bridgehead atoms. The van der Waals surface area contributed by atoms with Gasteiger partial charge >= 0.3 is 0 Å². The fourth-order valence-electron chi connectivity index (χ4n) is 2.04. The number of nitrogens with zero attached hydrogens (tertiary/aromatic N) is 2. The Morgan fingerprint density at radius 3 is 2.80 bits per heavy atom. The zero-order valence-corrected chi connectivity index (χ0v) is 13.4. The number of ether oxygens (including phenoxy) is 1. The molecule has 1 aromatic heterocycles. The number of hydrogen-bond donors (Lipinski definition) is 1. The molecule has 1 aromatic rings. The predicted octanol–water partition coefficient (Wildman–Crippen LogP) is 2.69. The summed E-state index contributed by atoms with van der Waals surface area (Å²) >= 11 is 0. The monoisotopic (exact) mass is 279 g/mol. The molecule has 4 nitrogen and oxygen atoms in total. The van der Waals surface area contributed by atoms with Gasteiger partial charge < -0.3 is 15.0 Å². The van der Waals surface area contributed by atoms with E-state index in [1.807, 2.05) is 13.1 Å². The van der Waals surface area contributed by atoms with Gasteiger partial charge in [-0.3, -0.25) is 4.98 Å². The molecule has 0 saturated carbocycles. The molecule has 20 heavy (non-hydrogen) atoms. The summed E-state index contributed by atoms with van der Waals surface area (Å²) in [6.07, 6.45) is 1.89. The Balaban J connectivity index is 2.55. The normalized spacial score (nSPS) is 11.1. The zero-order chi connectivity index (χ0) is 14.8. The minimum atomic E-state index is 0.663. The van der Waals surface area contributed by atoms with Crippen molar-refractivity contribution in [3.8, 4) is 0 Å². The van der Waals surface area contributed by atoms with Crippen LogP contribution in [0.1, 0.15) is 33.4 Å². The standard InChI is InChI=1S/C16H29N3O/c1-5-19(9-10-20-6-2)16-7-8-18-15(11-16)13-17-12-14(3)4/h7-8,11,14,17H,5-6,9-10,12-13H2,1-4H3. The van der Waals surface area contributed by atoms with Gasteiger partial charge in [0.1, 0.15) is 0 Å². The molecule has 114 valence electrons. The highest BCUT2D eigenvalue weighted by Gasteiger charge is 2.05. The molecule has 0 aliphatic rings. The third-order valence-electron chi connectivity index (χ3n) is 3.12. The lowest BCUT2D eigenvalue weighted by Gasteiger charge is -2.23. The second-order valence-corrected chi connectivity index (χ2v) is 5.31. The van der Waals surface area contributed by atoms with Gasteiger partial charge in [-0.05, 0) is 38.4 Å². The summed E-state index contributed by atoms with van der Waals surface area (Å²) < 4.78 is 5.44. The van der Waals surface area contributed by atoms with Crippen molar-refractivity contribution in [2.24, 2.45) is 5.92 Å². The molecule has 1 N–H and O–H groups in total. The summed E-state index contributed by atoms with van der Waals surface area (Å²) in [5, 5.41) is 3.43. The van der Waals surface area contributed by atoms with Crippen LogP contribution in [0, 0.1) is 5.92 Å². The molecule has 0 unspecified atom stereocenters. The van der Waals surface area contributed by atoms with E-state index in [0.717, 1.165) is 45.1 Å². The molecule has 0 aliphatic heterocycles. The predicted molar refractivity (Wildman–Crippen MR) is 85.2 cm³/mol. The van der Waals surface area contributed by atoms with E-state index in [1.54, 1.807) is 0 Å². The average molecular weight is 279 g/mol. The van der Waals surface area contributed by atoms with Crippen molar-refractivity contribution in [2.45, 2.75) is 34.2 Å². The molecule has 0 fully saturated rings. The van der Waals surface area contributed by atoms with Gasteiger partial charge in [0.15, 0.2) is 0 Å². The number of hydrogen-bond acceptors (Lipinski definition) is 4. The maximum absolute atomic E-state index is 5.44. The van der Waals surface area contributed by atoms with Crippen LogP contribution in [0.3, 0.4) is 0 Å². The topological polar surface area (TPSA) is 37.4 Å². The first-order valence-electron chi connectivity index (χ1n) is 7.65. The van der Waals surface area contributed by atoms with Gasteiger partial charge in [0.25, 0.3) is 0 Å². The van der Waals surface area contributed by atoms with E-state index in [1.165, 1.54) is 5.69 Å². The van der Waals surface area contributed by atoms with E-state index in [4.69, 9.17) is 4.74 Å². The first kappa shape index (κ1) is 16.9. The van der Waals surface area contributed by atoms with Crippen LogP contribution in [0.25, 0.3) is 0 Å². The molecule has 0 atom stereocenters. The highest BCUT2D eigenvalue weighted by Crippen LogP contribution is 2.14. The molecular weight excluding hydrogens is 250 g/mol. The Kier molecular flexibility index (Phi) is 8.23. The minimum Gasteiger partial charge on any atom is -0.380 e. The Bertz CT molecular complexity index is 368. The largest absolute Gasteiger partial charge is 0.380 e. The average Bonchev–Trinajstić information content (AvgIpc) is 2.44. The molecule has 0 saturated heterocycles. The van der Waals surface area contributed by atoms with Crippen molar-refractivity contribution in [3.05, 3.63) is 24.0 Å². The fraction of sp³-hybridized carbons (Fsp3) is 0.688. The van der Waals surface area contributed by atoms with E-state index in [2.05, 4.69) is 48.1 Å². The first-order valence-corrected chi connectivity index (χ1v) is 7.65. The first-order chi connectivity index (χ1) is 9.67. The Labute approximate surface area is 123 Å². The van der Waals surface area contributed by atoms with Crippen LogP contribution in [0.4, 0.5) is 5.69 Å². The number of nitrogens with one attached hydrogen (secondary N) is 1. The van der Waals surface area contributed by atoms with Crippen molar-refractivity contribution in [2.75, 3.05) is 37.7 Å². The molecule has 0 aromatic carbocycles. The van der Waals surface area contributed by atoms with E-state index in [0.29, 0.717) is 5.92 Å². The zero-order valence-electron chi connectivity index (χ0n) is 13.4. The van der Waals surface area contributed by atoms with Crippen molar-refractivity contribution in [1.29, 1.82) is 0 Å². The van der Waals surface area contributed by atoms with E-state index >= 15 is 0 Å². The van der Waals surface area contributed by atoms with Crippen LogP contribution in [0.15, 0.2) is 18.3 Å². The maximum Gasteiger partial charge on any atom is 0.0641 e. The van der Waals surface area contributed by atoms with Crippen molar-refractivity contribution >= 4 is 5.69 Å². The molecule has 0 radical (unpaired) electrons. The van der Waals surface area contributed by atoms with Gasteiger partial charge in [0.05, 0.1) is 12.3 Å². The fourth-order valence-corrected chi connectivity index (χ4v) is 2.04. The van der Waals surface area contributed by atoms with Crippen LogP contribution in [-0.2, 0) is 11.3 Å². The highest BCUT2D eigenvalue weighted by molar-refractivity contribution is 5.46. The number of rotatable bonds is 10. The summed E-state index contributed by atoms with van der Waals surface area (Å²) in [6, 6.07) is 4.24. The van der Waals surface area contributed by atoms with Gasteiger partial charge in [0.2, 0.25) is 0 Å². The van der Waals surface area contributed by atoms with Gasteiger partial charge in [-0.15, -0.1) is 0 Å². The summed E-state index contributed by atoms with van der Waals surface area (Å²) in [5.74, 6) is 0.663. The van der Waals surface area contributed by atoms with Crippen molar-refractivity contribution < 1.29 is 4.74 Å². The lowest BCUT2D eigenvalue weighted by atomic mass is 10.2. The van der Waals surface area contributed by atoms with E-state index < -0.39 is 0 Å². The third kappa shape index (κ3) is 6.35. The van der Waals surface area contributed by atoms with Gasteiger partial charge in [-0.2, -0.15) is 0 Å². The Hall–Kier alpha value is -1.13. The maximum atomic E-state index is 5.44. The van der Waals surface area contributed by atoms with Crippen molar-refractivity contribution in [3.63, 3.8) is 0 Å². The van der Waals surface area contributed by atoms with Gasteiger partial charge in [0, 0.05) is 38.1 Å². The highest BCUT2D eigenvalue weighted by atomic mass is 16.5. The molecule has 0 amide bonds. The molecule has 0 aliphatic carbocycles. The lowest BCUT2D eigenvalue weighted by molar-refractivity contribution is 0.154. The van der Waals surface area contributed by atoms with Crippen LogP contribution in [0.5, 0.6) is 0 Å². The van der Waals surface area contributed by atoms with Gasteiger partial charge in [-0.25, -0.2) is 0 Å². The smallest absolute Gasteiger partial charge is 0.0641 e. The second-order valence-electron chi connectivity index (χ2n) is 5.31. The van der Waals surface area contributed by atoms with E-state index in [9.17, 15) is 0 Å². The second kappa shape index (κ2) is 9.72. The summed E-state index contributed by atoms with van der Waals surface area (Å²) in [5.41, 5.74) is 2.32. The number of anilines is 1. The quantitative estimate of drug-likeness (QED) is 0.668. The summed E-state index contributed by atoms with van der Waals surface area (Å²) in [7, 11) is 0. The number of aromatic nitrogens is 1. The number of pyridine rings is 1. The molecular formula is C16H29N3O. The van der Waals surface area contributed by atoms with E-state index in [-0.39, 0.29) is 0 Å². The molecule has 1 heterocycles. The molecule has 0 spiro atoms. The Morgan fingerprint density at radius 2 is 2.15 bits per heavy atom. The lowest BCUT2D eigenvalue weighted by Crippen LogP contribution is -2.27. The van der Waals surface area contributed by atoms with Crippen LogP contribution in [0.2, 0.25) is 0 Å². The van der Waals surface area contributed by atoms with Crippen molar-refractivity contribution in [1.82, 2.24) is 10.3 Å². The number of likely N-dealkylation sites (N-methyl/N-ethyl adjacent to an activating group) is 1. The molecule has 1 rings (SSSR count). The summed E-state index contributed by atoms with van der Waals surface area (Å²) in [4.78, 5) is 6.75.